The van der Waals surface area contributed by atoms with Crippen LogP contribution in [-0.2, 0) is 16.0 Å². The van der Waals surface area contributed by atoms with Crippen LogP contribution in [0.4, 0.5) is 4.39 Å². The van der Waals surface area contributed by atoms with E-state index in [9.17, 15) is 14.0 Å². The van der Waals surface area contributed by atoms with Gasteiger partial charge in [0, 0.05) is 26.2 Å². The molecule has 2 N–H and O–H groups in total. The quantitative estimate of drug-likeness (QED) is 0.882. The van der Waals surface area contributed by atoms with E-state index in [1.165, 1.54) is 6.07 Å². The van der Waals surface area contributed by atoms with Crippen LogP contribution < -0.4 is 5.73 Å². The second-order valence-electron chi connectivity index (χ2n) is 6.80. The standard InChI is InChI=1S/C18H24FN3O2.ClH/c19-15-6-2-1-5-14(15)13-16(23)21-9-11-22(12-10-21)17(24)18(20)7-3-4-8-18;/h1-2,5-6H,3-4,7-13,20H2;1H. The predicted molar refractivity (Wildman–Crippen MR) is 95.9 cm³/mol. The van der Waals surface area contributed by atoms with Crippen molar-refractivity contribution in [3.05, 3.63) is 35.6 Å². The van der Waals surface area contributed by atoms with E-state index >= 15 is 0 Å². The summed E-state index contributed by atoms with van der Waals surface area (Å²) in [6.07, 6.45) is 3.56. The lowest BCUT2D eigenvalue weighted by atomic mass is 9.97. The second kappa shape index (κ2) is 8.15. The summed E-state index contributed by atoms with van der Waals surface area (Å²) < 4.78 is 13.7. The van der Waals surface area contributed by atoms with Crippen molar-refractivity contribution >= 4 is 24.2 Å². The van der Waals surface area contributed by atoms with Gasteiger partial charge in [0.15, 0.2) is 0 Å². The molecule has 0 atom stereocenters. The summed E-state index contributed by atoms with van der Waals surface area (Å²) >= 11 is 0. The fourth-order valence-electron chi connectivity index (χ4n) is 3.61. The molecule has 1 saturated heterocycles. The van der Waals surface area contributed by atoms with Crippen LogP contribution >= 0.6 is 12.4 Å². The average Bonchev–Trinajstić information content (AvgIpc) is 3.04. The molecule has 2 amide bonds. The monoisotopic (exact) mass is 369 g/mol. The van der Waals surface area contributed by atoms with Crippen molar-refractivity contribution < 1.29 is 14.0 Å². The van der Waals surface area contributed by atoms with Gasteiger partial charge < -0.3 is 15.5 Å². The van der Waals surface area contributed by atoms with Crippen LogP contribution in [0.2, 0.25) is 0 Å². The van der Waals surface area contributed by atoms with Crippen LogP contribution in [0.25, 0.3) is 0 Å². The molecule has 3 rings (SSSR count). The molecule has 138 valence electrons. The van der Waals surface area contributed by atoms with Crippen molar-refractivity contribution in [2.75, 3.05) is 26.2 Å². The molecule has 0 bridgehead atoms. The molecule has 2 aliphatic rings. The number of benzene rings is 1. The summed E-state index contributed by atoms with van der Waals surface area (Å²) in [4.78, 5) is 28.4. The third-order valence-corrected chi connectivity index (χ3v) is 5.14. The smallest absolute Gasteiger partial charge is 0.242 e. The lowest BCUT2D eigenvalue weighted by Crippen LogP contribution is -2.59. The Labute approximate surface area is 153 Å². The first-order chi connectivity index (χ1) is 11.5. The summed E-state index contributed by atoms with van der Waals surface area (Å²) in [6, 6.07) is 6.33. The highest BCUT2D eigenvalue weighted by molar-refractivity contribution is 5.87. The molecular weight excluding hydrogens is 345 g/mol. The van der Waals surface area contributed by atoms with Crippen LogP contribution in [0.3, 0.4) is 0 Å². The van der Waals surface area contributed by atoms with Crippen molar-refractivity contribution in [3.8, 4) is 0 Å². The van der Waals surface area contributed by atoms with Crippen molar-refractivity contribution in [2.45, 2.75) is 37.6 Å². The molecule has 1 saturated carbocycles. The molecule has 5 nitrogen and oxygen atoms in total. The normalized spacial score (nSPS) is 19.4. The zero-order valence-electron chi connectivity index (χ0n) is 14.2. The fourth-order valence-corrected chi connectivity index (χ4v) is 3.61. The average molecular weight is 370 g/mol. The van der Waals surface area contributed by atoms with Crippen molar-refractivity contribution in [1.82, 2.24) is 9.80 Å². The maximum absolute atomic E-state index is 13.7. The van der Waals surface area contributed by atoms with E-state index in [1.807, 2.05) is 0 Å². The molecule has 7 heteroatoms. The lowest BCUT2D eigenvalue weighted by Gasteiger charge is -2.38. The van der Waals surface area contributed by atoms with E-state index < -0.39 is 5.54 Å². The Kier molecular flexibility index (Phi) is 6.41. The van der Waals surface area contributed by atoms with Crippen LogP contribution in [0.1, 0.15) is 31.2 Å². The summed E-state index contributed by atoms with van der Waals surface area (Å²) in [5.41, 5.74) is 5.93. The van der Waals surface area contributed by atoms with E-state index in [0.29, 0.717) is 31.7 Å². The minimum absolute atomic E-state index is 0. The Morgan fingerprint density at radius 1 is 1.04 bits per heavy atom. The molecule has 2 fully saturated rings. The topological polar surface area (TPSA) is 66.6 Å². The minimum Gasteiger partial charge on any atom is -0.339 e. The van der Waals surface area contributed by atoms with Crippen molar-refractivity contribution in [2.24, 2.45) is 5.73 Å². The van der Waals surface area contributed by atoms with Gasteiger partial charge in [-0.05, 0) is 24.5 Å². The minimum atomic E-state index is -0.709. The maximum atomic E-state index is 13.7. The summed E-state index contributed by atoms with van der Waals surface area (Å²) in [6.45, 7) is 1.96. The summed E-state index contributed by atoms with van der Waals surface area (Å²) in [7, 11) is 0. The van der Waals surface area contributed by atoms with Gasteiger partial charge in [0.05, 0.1) is 12.0 Å². The lowest BCUT2D eigenvalue weighted by molar-refractivity contribution is -0.142. The zero-order chi connectivity index (χ0) is 17.2. The first-order valence-corrected chi connectivity index (χ1v) is 8.59. The molecule has 25 heavy (non-hydrogen) atoms. The molecular formula is C18H25ClFN3O2. The maximum Gasteiger partial charge on any atom is 0.242 e. The fraction of sp³-hybridized carbons (Fsp3) is 0.556. The largest absolute Gasteiger partial charge is 0.339 e. The molecule has 1 aromatic rings. The molecule has 0 radical (unpaired) electrons. The SMILES string of the molecule is Cl.NC1(C(=O)N2CCN(C(=O)Cc3ccccc3F)CC2)CCCC1. The van der Waals surface area contributed by atoms with Gasteiger partial charge in [0.1, 0.15) is 5.82 Å². The highest BCUT2D eigenvalue weighted by Crippen LogP contribution is 2.29. The van der Waals surface area contributed by atoms with Gasteiger partial charge >= 0.3 is 0 Å². The molecule has 1 heterocycles. The summed E-state index contributed by atoms with van der Waals surface area (Å²) in [5, 5.41) is 0. The van der Waals surface area contributed by atoms with Gasteiger partial charge in [0.25, 0.3) is 0 Å². The van der Waals surface area contributed by atoms with Crippen LogP contribution in [0.15, 0.2) is 24.3 Å². The van der Waals surface area contributed by atoms with Crippen LogP contribution in [0, 0.1) is 5.82 Å². The molecule has 0 spiro atoms. The number of hydrogen-bond acceptors (Lipinski definition) is 3. The third-order valence-electron chi connectivity index (χ3n) is 5.14. The number of carbonyl (C=O) groups excluding carboxylic acids is 2. The number of halogens is 2. The van der Waals surface area contributed by atoms with Gasteiger partial charge in [-0.3, -0.25) is 9.59 Å². The Morgan fingerprint density at radius 2 is 1.60 bits per heavy atom. The van der Waals surface area contributed by atoms with Crippen LogP contribution in [0.5, 0.6) is 0 Å². The van der Waals surface area contributed by atoms with Gasteiger partial charge in [-0.25, -0.2) is 4.39 Å². The molecule has 0 unspecified atom stereocenters. The van der Waals surface area contributed by atoms with Crippen LogP contribution in [-0.4, -0.2) is 53.3 Å². The van der Waals surface area contributed by atoms with E-state index in [4.69, 9.17) is 5.73 Å². The number of piperazine rings is 1. The first-order valence-electron chi connectivity index (χ1n) is 8.59. The van der Waals surface area contributed by atoms with E-state index in [0.717, 1.165) is 25.7 Å². The Hall–Kier alpha value is -1.66. The van der Waals surface area contributed by atoms with E-state index in [2.05, 4.69) is 0 Å². The van der Waals surface area contributed by atoms with Gasteiger partial charge in [-0.1, -0.05) is 31.0 Å². The number of nitrogens with two attached hydrogens (primary N) is 1. The zero-order valence-corrected chi connectivity index (χ0v) is 15.1. The molecule has 1 aliphatic heterocycles. The highest BCUT2D eigenvalue weighted by atomic mass is 35.5. The number of rotatable bonds is 3. The summed E-state index contributed by atoms with van der Waals surface area (Å²) in [5.74, 6) is -0.442. The number of carbonyl (C=O) groups is 2. The highest BCUT2D eigenvalue weighted by Gasteiger charge is 2.40. The van der Waals surface area contributed by atoms with E-state index in [-0.39, 0.29) is 36.5 Å². The Bertz CT molecular complexity index is 627. The molecule has 0 aromatic heterocycles. The molecule has 1 aromatic carbocycles. The Morgan fingerprint density at radius 3 is 2.20 bits per heavy atom. The van der Waals surface area contributed by atoms with Crippen molar-refractivity contribution in [1.29, 1.82) is 0 Å². The number of amides is 2. The predicted octanol–water partition coefficient (Wildman–Crippen LogP) is 1.73. The number of hydrogen-bond donors (Lipinski definition) is 1. The van der Waals surface area contributed by atoms with Gasteiger partial charge in [-0.2, -0.15) is 0 Å². The third kappa shape index (κ3) is 4.30. The van der Waals surface area contributed by atoms with Gasteiger partial charge in [0.2, 0.25) is 11.8 Å². The second-order valence-corrected chi connectivity index (χ2v) is 6.80. The van der Waals surface area contributed by atoms with Crippen molar-refractivity contribution in [3.63, 3.8) is 0 Å². The first kappa shape index (κ1) is 19.7. The molecule has 1 aliphatic carbocycles. The van der Waals surface area contributed by atoms with E-state index in [1.54, 1.807) is 28.0 Å². The Balaban J connectivity index is 0.00000225. The van der Waals surface area contributed by atoms with Gasteiger partial charge in [-0.15, -0.1) is 12.4 Å². The number of nitrogens with zero attached hydrogens (tertiary/aromatic N) is 2.